The lowest BCUT2D eigenvalue weighted by molar-refractivity contribution is 0.354. The molecule has 0 aromatic heterocycles. The molecule has 2 aromatic carbocycles. The monoisotopic (exact) mass is 377 g/mol. The number of rotatable bonds is 7. The first-order valence-electron chi connectivity index (χ1n) is 8.42. The molecule has 1 heterocycles. The predicted octanol–water partition coefficient (Wildman–Crippen LogP) is 2.55. The number of hydrogen-bond donors (Lipinski definition) is 1. The van der Waals surface area contributed by atoms with Gasteiger partial charge in [0, 0.05) is 18.5 Å². The van der Waals surface area contributed by atoms with Gasteiger partial charge in [-0.2, -0.15) is 0 Å². The van der Waals surface area contributed by atoms with Gasteiger partial charge in [0.1, 0.15) is 5.75 Å². The average molecular weight is 377 g/mol. The third kappa shape index (κ3) is 3.94. The summed E-state index contributed by atoms with van der Waals surface area (Å²) in [4.78, 5) is 0.143. The van der Waals surface area contributed by atoms with Crippen molar-refractivity contribution in [1.82, 2.24) is 4.72 Å². The van der Waals surface area contributed by atoms with Gasteiger partial charge in [0.25, 0.3) is 0 Å². The molecule has 0 aliphatic carbocycles. The fourth-order valence-electron chi connectivity index (χ4n) is 3.08. The Kier molecular flexibility index (Phi) is 5.38. The Labute approximate surface area is 154 Å². The number of benzene rings is 2. The van der Waals surface area contributed by atoms with E-state index in [0.717, 1.165) is 17.7 Å². The summed E-state index contributed by atoms with van der Waals surface area (Å²) in [5, 5.41) is 0. The van der Waals surface area contributed by atoms with Crippen LogP contribution in [0.15, 0.2) is 41.3 Å². The maximum atomic E-state index is 12.7. The normalized spacial score (nSPS) is 14.4. The van der Waals surface area contributed by atoms with Crippen molar-refractivity contribution in [1.29, 1.82) is 0 Å². The van der Waals surface area contributed by atoms with Crippen LogP contribution in [0.25, 0.3) is 0 Å². The lowest BCUT2D eigenvalue weighted by atomic mass is 10.0. The Morgan fingerprint density at radius 2 is 1.88 bits per heavy atom. The van der Waals surface area contributed by atoms with Crippen molar-refractivity contribution in [2.75, 3.05) is 20.8 Å². The lowest BCUT2D eigenvalue weighted by Crippen LogP contribution is -2.34. The molecule has 0 spiro atoms. The van der Waals surface area contributed by atoms with E-state index in [1.807, 2.05) is 19.1 Å². The standard InChI is InChI=1S/C19H23NO5S/c1-13(10-14-4-6-17-15(11-14)8-9-25-17)20-26(21,22)16-5-7-18(23-2)19(12-16)24-3/h4-7,11-13,20H,8-10H2,1-3H3. The molecule has 26 heavy (non-hydrogen) atoms. The highest BCUT2D eigenvalue weighted by Crippen LogP contribution is 2.30. The summed E-state index contributed by atoms with van der Waals surface area (Å²) in [6.45, 7) is 2.56. The van der Waals surface area contributed by atoms with Crippen molar-refractivity contribution in [2.45, 2.75) is 30.7 Å². The molecule has 0 saturated carbocycles. The van der Waals surface area contributed by atoms with E-state index in [1.165, 1.54) is 31.9 Å². The molecular formula is C19H23NO5S. The van der Waals surface area contributed by atoms with Crippen molar-refractivity contribution >= 4 is 10.0 Å². The Morgan fingerprint density at radius 3 is 2.62 bits per heavy atom. The zero-order valence-corrected chi connectivity index (χ0v) is 15.9. The molecule has 0 saturated heterocycles. The molecular weight excluding hydrogens is 354 g/mol. The van der Waals surface area contributed by atoms with E-state index in [-0.39, 0.29) is 10.9 Å². The molecule has 1 atom stereocenters. The predicted molar refractivity (Wildman–Crippen MR) is 98.7 cm³/mol. The highest BCUT2D eigenvalue weighted by molar-refractivity contribution is 7.89. The van der Waals surface area contributed by atoms with Crippen LogP contribution in [0, 0.1) is 0 Å². The maximum absolute atomic E-state index is 12.7. The number of hydrogen-bond acceptors (Lipinski definition) is 5. The smallest absolute Gasteiger partial charge is 0.240 e. The van der Waals surface area contributed by atoms with Crippen LogP contribution in [0.3, 0.4) is 0 Å². The first-order valence-corrected chi connectivity index (χ1v) is 9.90. The quantitative estimate of drug-likeness (QED) is 0.803. The van der Waals surface area contributed by atoms with Crippen LogP contribution in [-0.2, 0) is 22.9 Å². The molecule has 6 nitrogen and oxygen atoms in total. The lowest BCUT2D eigenvalue weighted by Gasteiger charge is -2.16. The zero-order chi connectivity index (χ0) is 18.7. The number of methoxy groups -OCH3 is 2. The third-order valence-corrected chi connectivity index (χ3v) is 5.90. The summed E-state index contributed by atoms with van der Waals surface area (Å²) in [5.41, 5.74) is 2.26. The molecule has 0 fully saturated rings. The number of sulfonamides is 1. The zero-order valence-electron chi connectivity index (χ0n) is 15.1. The van der Waals surface area contributed by atoms with Gasteiger partial charge in [-0.1, -0.05) is 12.1 Å². The van der Waals surface area contributed by atoms with Gasteiger partial charge in [0.2, 0.25) is 10.0 Å². The van der Waals surface area contributed by atoms with Gasteiger partial charge in [-0.3, -0.25) is 0 Å². The molecule has 3 rings (SSSR count). The number of ether oxygens (including phenoxy) is 3. The summed E-state index contributed by atoms with van der Waals surface area (Å²) in [5.74, 6) is 1.79. The Bertz CT molecular complexity index is 895. The minimum absolute atomic E-state index is 0.143. The van der Waals surface area contributed by atoms with Crippen molar-refractivity contribution in [2.24, 2.45) is 0 Å². The van der Waals surface area contributed by atoms with E-state index in [4.69, 9.17) is 14.2 Å². The molecule has 1 aliphatic rings. The van der Waals surface area contributed by atoms with E-state index in [0.29, 0.717) is 24.5 Å². The summed E-state index contributed by atoms with van der Waals surface area (Å²) < 4.78 is 43.9. The third-order valence-electron chi connectivity index (χ3n) is 4.32. The van der Waals surface area contributed by atoms with E-state index >= 15 is 0 Å². The minimum Gasteiger partial charge on any atom is -0.493 e. The highest BCUT2D eigenvalue weighted by Gasteiger charge is 2.20. The first kappa shape index (κ1) is 18.5. The summed E-state index contributed by atoms with van der Waals surface area (Å²) in [6, 6.07) is 10.3. The fraction of sp³-hybridized carbons (Fsp3) is 0.368. The maximum Gasteiger partial charge on any atom is 0.240 e. The van der Waals surface area contributed by atoms with E-state index in [9.17, 15) is 8.42 Å². The molecule has 0 amide bonds. The second kappa shape index (κ2) is 7.55. The Hall–Kier alpha value is -2.25. The second-order valence-electron chi connectivity index (χ2n) is 6.28. The molecule has 1 unspecified atom stereocenters. The van der Waals surface area contributed by atoms with Crippen LogP contribution < -0.4 is 18.9 Å². The molecule has 7 heteroatoms. The van der Waals surface area contributed by atoms with Gasteiger partial charge in [-0.05, 0) is 42.7 Å². The molecule has 140 valence electrons. The van der Waals surface area contributed by atoms with Crippen LogP contribution >= 0.6 is 0 Å². The molecule has 0 bridgehead atoms. The SMILES string of the molecule is COc1ccc(S(=O)(=O)NC(C)Cc2ccc3c(c2)CCO3)cc1OC. The average Bonchev–Trinajstić information content (AvgIpc) is 3.08. The van der Waals surface area contributed by atoms with Crippen LogP contribution in [0.2, 0.25) is 0 Å². The van der Waals surface area contributed by atoms with Crippen molar-refractivity contribution in [3.05, 3.63) is 47.5 Å². The molecule has 1 aliphatic heterocycles. The molecule has 1 N–H and O–H groups in total. The van der Waals surface area contributed by atoms with Gasteiger partial charge in [0.05, 0.1) is 25.7 Å². The number of nitrogens with one attached hydrogen (secondary N) is 1. The van der Waals surface area contributed by atoms with E-state index < -0.39 is 10.0 Å². The van der Waals surface area contributed by atoms with Gasteiger partial charge >= 0.3 is 0 Å². The summed E-state index contributed by atoms with van der Waals surface area (Å²) >= 11 is 0. The Morgan fingerprint density at radius 1 is 1.12 bits per heavy atom. The highest BCUT2D eigenvalue weighted by atomic mass is 32.2. The van der Waals surface area contributed by atoms with Crippen molar-refractivity contribution < 1.29 is 22.6 Å². The van der Waals surface area contributed by atoms with Crippen LogP contribution in [0.5, 0.6) is 17.2 Å². The molecule has 2 aromatic rings. The van der Waals surface area contributed by atoms with Crippen LogP contribution in [0.1, 0.15) is 18.1 Å². The fourth-order valence-corrected chi connectivity index (χ4v) is 4.34. The van der Waals surface area contributed by atoms with Crippen LogP contribution in [-0.4, -0.2) is 35.3 Å². The van der Waals surface area contributed by atoms with Gasteiger partial charge in [0.15, 0.2) is 11.5 Å². The molecule has 0 radical (unpaired) electrons. The van der Waals surface area contributed by atoms with Crippen LogP contribution in [0.4, 0.5) is 0 Å². The van der Waals surface area contributed by atoms with Gasteiger partial charge in [-0.25, -0.2) is 13.1 Å². The minimum atomic E-state index is -3.66. The van der Waals surface area contributed by atoms with E-state index in [1.54, 1.807) is 6.07 Å². The van der Waals surface area contributed by atoms with Crippen molar-refractivity contribution in [3.8, 4) is 17.2 Å². The largest absolute Gasteiger partial charge is 0.493 e. The number of fused-ring (bicyclic) bond motifs is 1. The summed E-state index contributed by atoms with van der Waals surface area (Å²) in [6.07, 6.45) is 1.49. The summed E-state index contributed by atoms with van der Waals surface area (Å²) in [7, 11) is -0.677. The van der Waals surface area contributed by atoms with Gasteiger partial charge < -0.3 is 14.2 Å². The topological polar surface area (TPSA) is 73.9 Å². The van der Waals surface area contributed by atoms with Crippen molar-refractivity contribution in [3.63, 3.8) is 0 Å². The van der Waals surface area contributed by atoms with Gasteiger partial charge in [-0.15, -0.1) is 0 Å². The first-order chi connectivity index (χ1) is 12.4. The van der Waals surface area contributed by atoms with E-state index in [2.05, 4.69) is 10.8 Å². The second-order valence-corrected chi connectivity index (χ2v) is 8.00. The Balaban J connectivity index is 1.72.